The zero-order valence-corrected chi connectivity index (χ0v) is 8.82. The minimum atomic E-state index is -0.696. The van der Waals surface area contributed by atoms with E-state index in [0.717, 1.165) is 0 Å². The molecule has 84 valence electrons. The molecule has 0 amide bonds. The van der Waals surface area contributed by atoms with Crippen LogP contribution in [0, 0.1) is 5.82 Å². The average Bonchev–Trinajstić information content (AvgIpc) is 2.64. The molecule has 0 spiro atoms. The zero-order chi connectivity index (χ0) is 11.9. The van der Waals surface area contributed by atoms with E-state index in [-0.39, 0.29) is 16.8 Å². The topological polar surface area (TPSA) is 70.1 Å². The lowest BCUT2D eigenvalue weighted by molar-refractivity contribution is 0.0601. The number of hydrogen-bond acceptors (Lipinski definition) is 4. The summed E-state index contributed by atoms with van der Waals surface area (Å²) in [4.78, 5) is 15.2. The minimum Gasteiger partial charge on any atom is -0.465 e. The highest BCUT2D eigenvalue weighted by Gasteiger charge is 2.19. The molecule has 0 fully saturated rings. The van der Waals surface area contributed by atoms with Gasteiger partial charge >= 0.3 is 5.97 Å². The number of nitrogens with two attached hydrogens (primary N) is 1. The van der Waals surface area contributed by atoms with E-state index in [1.54, 1.807) is 11.6 Å². The number of carbonyl (C=O) groups excluding carboxylic acids is 1. The van der Waals surface area contributed by atoms with Crippen molar-refractivity contribution in [2.75, 3.05) is 12.8 Å². The number of anilines is 1. The number of rotatable bonds is 1. The van der Waals surface area contributed by atoms with Gasteiger partial charge in [0.1, 0.15) is 5.52 Å². The number of esters is 1. The molecule has 2 rings (SSSR count). The van der Waals surface area contributed by atoms with Crippen molar-refractivity contribution in [3.63, 3.8) is 0 Å². The van der Waals surface area contributed by atoms with Crippen molar-refractivity contribution in [3.05, 3.63) is 23.8 Å². The summed E-state index contributed by atoms with van der Waals surface area (Å²) < 4.78 is 19.9. The molecule has 0 saturated heterocycles. The minimum absolute atomic E-state index is 0.0103. The predicted octanol–water partition coefficient (Wildman–Crippen LogP) is 1.08. The average molecular weight is 223 g/mol. The van der Waals surface area contributed by atoms with Crippen LogP contribution in [0.15, 0.2) is 12.4 Å². The van der Waals surface area contributed by atoms with E-state index in [1.807, 2.05) is 0 Å². The Bertz CT molecular complexity index is 577. The lowest BCUT2D eigenvalue weighted by atomic mass is 10.1. The number of ether oxygens (including phenoxy) is 1. The van der Waals surface area contributed by atoms with E-state index in [0.29, 0.717) is 5.52 Å². The number of halogens is 1. The molecule has 1 aromatic carbocycles. The Balaban J connectivity index is 2.81. The second-order valence-corrected chi connectivity index (χ2v) is 3.37. The van der Waals surface area contributed by atoms with Crippen LogP contribution < -0.4 is 5.73 Å². The molecule has 6 heteroatoms. The van der Waals surface area contributed by atoms with E-state index in [4.69, 9.17) is 5.73 Å². The molecular weight excluding hydrogens is 213 g/mol. The molecule has 0 atom stereocenters. The maximum absolute atomic E-state index is 13.8. The lowest BCUT2D eigenvalue weighted by Gasteiger charge is -2.05. The summed E-state index contributed by atoms with van der Waals surface area (Å²) in [7, 11) is 2.92. The molecule has 5 nitrogen and oxygen atoms in total. The molecule has 0 aliphatic rings. The van der Waals surface area contributed by atoms with Gasteiger partial charge in [-0.1, -0.05) is 0 Å². The van der Waals surface area contributed by atoms with Crippen LogP contribution in [-0.4, -0.2) is 22.6 Å². The third-order valence-corrected chi connectivity index (χ3v) is 2.40. The van der Waals surface area contributed by atoms with Crippen molar-refractivity contribution in [1.29, 1.82) is 0 Å². The first-order valence-corrected chi connectivity index (χ1v) is 4.53. The first kappa shape index (κ1) is 10.4. The van der Waals surface area contributed by atoms with Gasteiger partial charge in [0.2, 0.25) is 0 Å². The summed E-state index contributed by atoms with van der Waals surface area (Å²) in [6.07, 6.45) is 1.45. The van der Waals surface area contributed by atoms with Gasteiger partial charge in [-0.05, 0) is 6.07 Å². The Hall–Kier alpha value is -2.11. The number of aromatic nitrogens is 2. The Morgan fingerprint density at radius 1 is 1.62 bits per heavy atom. The summed E-state index contributed by atoms with van der Waals surface area (Å²) in [5.41, 5.74) is 5.92. The van der Waals surface area contributed by atoms with Crippen LogP contribution in [-0.2, 0) is 11.8 Å². The number of aryl methyl sites for hydroxylation is 1. The highest BCUT2D eigenvalue weighted by atomic mass is 19.1. The van der Waals surface area contributed by atoms with E-state index in [9.17, 15) is 9.18 Å². The van der Waals surface area contributed by atoms with Gasteiger partial charge in [-0.3, -0.25) is 0 Å². The van der Waals surface area contributed by atoms with Crippen molar-refractivity contribution in [1.82, 2.24) is 9.55 Å². The van der Waals surface area contributed by atoms with Gasteiger partial charge in [-0.15, -0.1) is 0 Å². The molecule has 0 bridgehead atoms. The van der Waals surface area contributed by atoms with Crippen LogP contribution in [0.1, 0.15) is 10.4 Å². The van der Waals surface area contributed by atoms with Crippen LogP contribution in [0.3, 0.4) is 0 Å². The maximum atomic E-state index is 13.8. The molecule has 1 heterocycles. The molecule has 1 aromatic heterocycles. The second-order valence-electron chi connectivity index (χ2n) is 3.37. The molecule has 2 aromatic rings. The molecule has 0 aliphatic heterocycles. The van der Waals surface area contributed by atoms with Crippen molar-refractivity contribution in [2.45, 2.75) is 0 Å². The summed E-state index contributed by atoms with van der Waals surface area (Å²) in [5.74, 6) is -1.36. The highest BCUT2D eigenvalue weighted by Crippen LogP contribution is 2.25. The van der Waals surface area contributed by atoms with Crippen LogP contribution in [0.5, 0.6) is 0 Å². The fourth-order valence-electron chi connectivity index (χ4n) is 1.52. The van der Waals surface area contributed by atoms with Crippen molar-refractivity contribution in [2.24, 2.45) is 7.05 Å². The number of nitrogens with zero attached hydrogens (tertiary/aromatic N) is 2. The predicted molar refractivity (Wildman–Crippen MR) is 56.4 cm³/mol. The number of fused-ring (bicyclic) bond motifs is 1. The molecule has 0 saturated carbocycles. The molecule has 16 heavy (non-hydrogen) atoms. The summed E-state index contributed by atoms with van der Waals surface area (Å²) in [6, 6.07) is 1.46. The van der Waals surface area contributed by atoms with E-state index >= 15 is 0 Å². The fourth-order valence-corrected chi connectivity index (χ4v) is 1.52. The lowest BCUT2D eigenvalue weighted by Crippen LogP contribution is -2.08. The maximum Gasteiger partial charge on any atom is 0.340 e. The normalized spacial score (nSPS) is 10.7. The van der Waals surface area contributed by atoms with Gasteiger partial charge < -0.3 is 15.0 Å². The third-order valence-electron chi connectivity index (χ3n) is 2.40. The first-order valence-electron chi connectivity index (χ1n) is 4.53. The Morgan fingerprint density at radius 3 is 2.94 bits per heavy atom. The number of methoxy groups -OCH3 is 1. The quantitative estimate of drug-likeness (QED) is 0.580. The van der Waals surface area contributed by atoms with Gasteiger partial charge in [0.05, 0.1) is 30.2 Å². The van der Waals surface area contributed by atoms with E-state index in [1.165, 1.54) is 19.5 Å². The zero-order valence-electron chi connectivity index (χ0n) is 8.82. The fraction of sp³-hybridized carbons (Fsp3) is 0.200. The number of benzene rings is 1. The first-order chi connectivity index (χ1) is 7.56. The van der Waals surface area contributed by atoms with Crippen LogP contribution in [0.25, 0.3) is 11.0 Å². The molecule has 0 unspecified atom stereocenters. The largest absolute Gasteiger partial charge is 0.465 e. The van der Waals surface area contributed by atoms with Crippen LogP contribution in [0.4, 0.5) is 10.1 Å². The van der Waals surface area contributed by atoms with Gasteiger partial charge in [-0.2, -0.15) is 0 Å². The number of imidazole rings is 1. The van der Waals surface area contributed by atoms with Crippen molar-refractivity contribution < 1.29 is 13.9 Å². The second kappa shape index (κ2) is 3.48. The number of carbonyl (C=O) groups is 1. The monoisotopic (exact) mass is 223 g/mol. The Kier molecular flexibility index (Phi) is 2.26. The summed E-state index contributed by atoms with van der Waals surface area (Å²) in [5, 5.41) is 0. The van der Waals surface area contributed by atoms with Crippen molar-refractivity contribution >= 4 is 22.7 Å². The number of hydrogen-bond donors (Lipinski definition) is 1. The molecule has 2 N–H and O–H groups in total. The molecule has 0 aliphatic carbocycles. The number of nitrogen functional groups attached to an aromatic ring is 1. The van der Waals surface area contributed by atoms with Crippen LogP contribution in [0.2, 0.25) is 0 Å². The van der Waals surface area contributed by atoms with Crippen molar-refractivity contribution in [3.8, 4) is 0 Å². The van der Waals surface area contributed by atoms with E-state index < -0.39 is 11.8 Å². The molecular formula is C10H10FN3O2. The van der Waals surface area contributed by atoms with Gasteiger partial charge in [-0.25, -0.2) is 14.2 Å². The van der Waals surface area contributed by atoms with Crippen LogP contribution >= 0.6 is 0 Å². The SMILES string of the molecule is COC(=O)c1cc2c(ncn2C)c(F)c1N. The molecule has 0 radical (unpaired) electrons. The Morgan fingerprint density at radius 2 is 2.31 bits per heavy atom. The Labute approximate surface area is 90.6 Å². The summed E-state index contributed by atoms with van der Waals surface area (Å²) >= 11 is 0. The van der Waals surface area contributed by atoms with Gasteiger partial charge in [0.25, 0.3) is 0 Å². The summed E-state index contributed by atoms with van der Waals surface area (Å²) in [6.45, 7) is 0. The van der Waals surface area contributed by atoms with E-state index in [2.05, 4.69) is 9.72 Å². The smallest absolute Gasteiger partial charge is 0.340 e. The van der Waals surface area contributed by atoms with Gasteiger partial charge in [0, 0.05) is 7.05 Å². The standard InChI is InChI=1S/C10H10FN3O2/c1-14-4-13-9-6(14)3-5(10(15)16-2)8(12)7(9)11/h3-4H,12H2,1-2H3. The highest BCUT2D eigenvalue weighted by molar-refractivity contribution is 6.00. The van der Waals surface area contributed by atoms with Gasteiger partial charge in [0.15, 0.2) is 5.82 Å². The third kappa shape index (κ3) is 1.30.